The van der Waals surface area contributed by atoms with Crippen LogP contribution in [0.2, 0.25) is 0 Å². The highest BCUT2D eigenvalue weighted by Crippen LogP contribution is 2.40. The first-order chi connectivity index (χ1) is 9.78. The van der Waals surface area contributed by atoms with Gasteiger partial charge < -0.3 is 9.47 Å². The van der Waals surface area contributed by atoms with Gasteiger partial charge in [0.25, 0.3) is 0 Å². The average molecular weight is 327 g/mol. The fourth-order valence-corrected chi connectivity index (χ4v) is 5.80. The lowest BCUT2D eigenvalue weighted by molar-refractivity contribution is 0.184. The molecule has 6 nitrogen and oxygen atoms in total. The van der Waals surface area contributed by atoms with Crippen molar-refractivity contribution in [2.45, 2.75) is 10.9 Å². The molecule has 0 fully saturated rings. The van der Waals surface area contributed by atoms with Gasteiger partial charge >= 0.3 is 0 Å². The molecule has 0 bridgehead atoms. The van der Waals surface area contributed by atoms with Crippen LogP contribution < -0.4 is 4.74 Å². The van der Waals surface area contributed by atoms with E-state index in [1.54, 1.807) is 25.0 Å². The van der Waals surface area contributed by atoms with Gasteiger partial charge in [-0.2, -0.15) is 4.98 Å². The van der Waals surface area contributed by atoms with E-state index in [9.17, 15) is 0 Å². The summed E-state index contributed by atoms with van der Waals surface area (Å²) in [5, 5.41) is 12.2. The zero-order chi connectivity index (χ0) is 13.9. The molecule has 1 atom stereocenters. The van der Waals surface area contributed by atoms with Gasteiger partial charge in [-0.3, -0.25) is 0 Å². The summed E-state index contributed by atoms with van der Waals surface area (Å²) in [5.41, 5.74) is 0.724. The van der Waals surface area contributed by atoms with E-state index in [0.29, 0.717) is 12.5 Å². The largest absolute Gasteiger partial charge is 0.481 e. The lowest BCUT2D eigenvalue weighted by atomic mass is 10.4. The second kappa shape index (κ2) is 6.00. The van der Waals surface area contributed by atoms with Gasteiger partial charge in [0.15, 0.2) is 15.1 Å². The number of hydrogen-bond acceptors (Lipinski definition) is 8. The van der Waals surface area contributed by atoms with Crippen LogP contribution in [-0.2, 0) is 11.3 Å². The predicted molar refractivity (Wildman–Crippen MR) is 80.4 cm³/mol. The third-order valence-electron chi connectivity index (χ3n) is 2.37. The maximum Gasteiger partial charge on any atom is 0.233 e. The zero-order valence-corrected chi connectivity index (χ0v) is 13.2. The molecule has 0 amide bonds. The number of fused-ring (bicyclic) bond motifs is 1. The minimum atomic E-state index is -0.310. The fourth-order valence-electron chi connectivity index (χ4n) is 1.51. The molecule has 20 heavy (non-hydrogen) atoms. The molecule has 0 aliphatic rings. The second-order valence-electron chi connectivity index (χ2n) is 3.73. The lowest BCUT2D eigenvalue weighted by Gasteiger charge is -1.93. The molecule has 0 N–H and O–H groups in total. The summed E-state index contributed by atoms with van der Waals surface area (Å²) in [6.07, 6.45) is 0. The zero-order valence-electron chi connectivity index (χ0n) is 10.8. The van der Waals surface area contributed by atoms with Gasteiger partial charge in [0.05, 0.1) is 19.1 Å². The van der Waals surface area contributed by atoms with Crippen LogP contribution in [0.4, 0.5) is 0 Å². The predicted octanol–water partition coefficient (Wildman–Crippen LogP) is 2.94. The van der Waals surface area contributed by atoms with Crippen molar-refractivity contribution in [1.82, 2.24) is 19.6 Å². The molecule has 9 heteroatoms. The Bertz CT molecular complexity index is 727. The van der Waals surface area contributed by atoms with Gasteiger partial charge in [0, 0.05) is 13.2 Å². The topological polar surface area (TPSA) is 70.0 Å². The van der Waals surface area contributed by atoms with Crippen LogP contribution >= 0.6 is 31.8 Å². The maximum absolute atomic E-state index is 5.10. The van der Waals surface area contributed by atoms with Crippen molar-refractivity contribution in [3.05, 3.63) is 22.5 Å². The average Bonchev–Trinajstić information content (AvgIpc) is 3.05. The van der Waals surface area contributed by atoms with Crippen molar-refractivity contribution < 1.29 is 9.47 Å². The molecule has 0 saturated heterocycles. The van der Waals surface area contributed by atoms with E-state index >= 15 is 0 Å². The van der Waals surface area contributed by atoms with Crippen molar-refractivity contribution in [2.75, 3.05) is 14.2 Å². The van der Waals surface area contributed by atoms with Crippen molar-refractivity contribution in [3.8, 4) is 5.88 Å². The van der Waals surface area contributed by atoms with E-state index in [2.05, 4.69) is 24.9 Å². The number of hydrogen-bond donors (Lipinski definition) is 0. The normalized spacial score (nSPS) is 12.0. The van der Waals surface area contributed by atoms with Crippen molar-refractivity contribution in [3.63, 3.8) is 0 Å². The number of ether oxygens (including phenoxy) is 2. The Hall–Kier alpha value is -1.29. The monoisotopic (exact) mass is 327 g/mol. The molecular formula is C11H11N4O2S3+. The minimum Gasteiger partial charge on any atom is -0.481 e. The SMILES string of the molecule is COCc1nnc(S[s+]2cc3ccc(OC)nc3n2)s1. The number of aromatic nitrogens is 4. The number of rotatable bonds is 5. The van der Waals surface area contributed by atoms with E-state index in [1.807, 2.05) is 12.1 Å². The van der Waals surface area contributed by atoms with E-state index in [4.69, 9.17) is 9.47 Å². The highest BCUT2D eigenvalue weighted by Gasteiger charge is 2.19. The molecule has 0 radical (unpaired) electrons. The van der Waals surface area contributed by atoms with Crippen LogP contribution in [0.3, 0.4) is 0 Å². The molecule has 3 aromatic heterocycles. The standard InChI is InChI=1S/C11H11N4O2S3/c1-16-5-9-13-14-11(18-9)19-20-6-7-3-4-8(17-2)12-10(7)15-20/h3-4,6H,5H2,1-2H3/q+1. The Morgan fingerprint density at radius 3 is 3.00 bits per heavy atom. The summed E-state index contributed by atoms with van der Waals surface area (Å²) in [7, 11) is 4.51. The summed E-state index contributed by atoms with van der Waals surface area (Å²) < 4.78 is 15.6. The van der Waals surface area contributed by atoms with Gasteiger partial charge in [0.2, 0.25) is 26.7 Å². The summed E-state index contributed by atoms with van der Waals surface area (Å²) >= 11 is 1.53. The Labute approximate surface area is 125 Å². The van der Waals surface area contributed by atoms with Crippen LogP contribution in [0.5, 0.6) is 5.88 Å². The van der Waals surface area contributed by atoms with Gasteiger partial charge in [-0.05, 0) is 10.4 Å². The molecule has 0 aromatic carbocycles. The Morgan fingerprint density at radius 2 is 2.20 bits per heavy atom. The van der Waals surface area contributed by atoms with Crippen LogP contribution in [0.25, 0.3) is 11.0 Å². The van der Waals surface area contributed by atoms with Crippen molar-refractivity contribution >= 4 is 42.9 Å². The lowest BCUT2D eigenvalue weighted by Crippen LogP contribution is -1.86. The Balaban J connectivity index is 1.82. The minimum absolute atomic E-state index is 0.310. The molecule has 1 unspecified atom stereocenters. The van der Waals surface area contributed by atoms with Crippen molar-refractivity contribution in [2.24, 2.45) is 0 Å². The molecule has 3 rings (SSSR count). The van der Waals surface area contributed by atoms with Gasteiger partial charge in [0.1, 0.15) is 5.01 Å². The molecule has 0 spiro atoms. The Morgan fingerprint density at radius 1 is 1.30 bits per heavy atom. The maximum atomic E-state index is 5.10. The first-order valence-electron chi connectivity index (χ1n) is 5.63. The molecule has 104 valence electrons. The van der Waals surface area contributed by atoms with Gasteiger partial charge in [-0.25, -0.2) is 0 Å². The number of pyridine rings is 1. The molecule has 0 aliphatic carbocycles. The molecular weight excluding hydrogens is 316 g/mol. The van der Waals surface area contributed by atoms with E-state index in [-0.39, 0.29) is 9.70 Å². The third kappa shape index (κ3) is 2.90. The van der Waals surface area contributed by atoms with Gasteiger partial charge in [-0.1, -0.05) is 11.3 Å². The van der Waals surface area contributed by atoms with Crippen molar-refractivity contribution in [1.29, 1.82) is 0 Å². The first-order valence-corrected chi connectivity index (χ1v) is 9.02. The summed E-state index contributed by atoms with van der Waals surface area (Å²) in [4.78, 5) is 4.32. The molecule has 3 heterocycles. The number of nitrogens with zero attached hydrogens (tertiary/aromatic N) is 4. The summed E-state index contributed by atoms with van der Waals surface area (Å²) in [6, 6.07) is 3.80. The highest BCUT2D eigenvalue weighted by molar-refractivity contribution is 8.45. The quantitative estimate of drug-likeness (QED) is 0.527. The first kappa shape index (κ1) is 13.7. The summed E-state index contributed by atoms with van der Waals surface area (Å²) in [5.74, 6) is 0.578. The number of methoxy groups -OCH3 is 2. The van der Waals surface area contributed by atoms with E-state index < -0.39 is 0 Å². The van der Waals surface area contributed by atoms with E-state index in [1.165, 1.54) is 11.3 Å². The smallest absolute Gasteiger partial charge is 0.233 e. The highest BCUT2D eigenvalue weighted by atomic mass is 33.1. The fraction of sp³-hybridized carbons (Fsp3) is 0.273. The van der Waals surface area contributed by atoms with Crippen LogP contribution in [0.15, 0.2) is 21.9 Å². The molecule has 3 aromatic rings. The van der Waals surface area contributed by atoms with Crippen LogP contribution in [0.1, 0.15) is 5.01 Å². The second-order valence-corrected chi connectivity index (χ2v) is 8.10. The molecule has 0 saturated carbocycles. The Kier molecular flexibility index (Phi) is 4.10. The molecule has 0 aliphatic heterocycles. The van der Waals surface area contributed by atoms with Crippen LogP contribution in [0, 0.1) is 0 Å². The van der Waals surface area contributed by atoms with E-state index in [0.717, 1.165) is 20.4 Å². The van der Waals surface area contributed by atoms with Crippen LogP contribution in [-0.4, -0.2) is 33.8 Å². The third-order valence-corrected chi connectivity index (χ3v) is 6.58. The van der Waals surface area contributed by atoms with Gasteiger partial charge in [-0.15, -0.1) is 10.2 Å². The summed E-state index contributed by atoms with van der Waals surface area (Å²) in [6.45, 7) is 0.492.